The van der Waals surface area contributed by atoms with Gasteiger partial charge in [-0.15, -0.1) is 0 Å². The normalized spacial score (nSPS) is 12.2. The van der Waals surface area contributed by atoms with E-state index < -0.39 is 11.7 Å². The van der Waals surface area contributed by atoms with Gasteiger partial charge in [-0.2, -0.15) is 18.3 Å². The largest absolute Gasteiger partial charge is 0.416 e. The summed E-state index contributed by atoms with van der Waals surface area (Å²) in [7, 11) is 1.68. The van der Waals surface area contributed by atoms with Crippen LogP contribution in [0.15, 0.2) is 24.3 Å². The molecule has 0 spiro atoms. The van der Waals surface area contributed by atoms with Crippen molar-refractivity contribution in [1.82, 2.24) is 9.78 Å². The van der Waals surface area contributed by atoms with E-state index in [1.54, 1.807) is 13.1 Å². The minimum atomic E-state index is -4.36. The van der Waals surface area contributed by atoms with Gasteiger partial charge in [0.1, 0.15) is 5.82 Å². The number of rotatable bonds is 2. The Morgan fingerprint density at radius 3 is 2.45 bits per heavy atom. The van der Waals surface area contributed by atoms with Crippen molar-refractivity contribution in [3.8, 4) is 11.3 Å². The van der Waals surface area contributed by atoms with E-state index in [1.807, 2.05) is 13.8 Å². The lowest BCUT2D eigenvalue weighted by atomic mass is 9.97. The molecule has 0 fully saturated rings. The van der Waals surface area contributed by atoms with Crippen LogP contribution in [0.5, 0.6) is 0 Å². The Morgan fingerprint density at radius 2 is 1.90 bits per heavy atom. The molecule has 2 rings (SSSR count). The average molecular weight is 283 g/mol. The summed E-state index contributed by atoms with van der Waals surface area (Å²) >= 11 is 0. The van der Waals surface area contributed by atoms with Crippen LogP contribution in [-0.4, -0.2) is 9.78 Å². The molecule has 3 nitrogen and oxygen atoms in total. The number of nitrogens with two attached hydrogens (primary N) is 1. The molecule has 6 heteroatoms. The number of benzene rings is 1. The summed E-state index contributed by atoms with van der Waals surface area (Å²) in [6.45, 7) is 3.87. The maximum atomic E-state index is 12.8. The van der Waals surface area contributed by atoms with Crippen molar-refractivity contribution < 1.29 is 13.2 Å². The van der Waals surface area contributed by atoms with Gasteiger partial charge in [-0.3, -0.25) is 4.68 Å². The van der Waals surface area contributed by atoms with Crippen LogP contribution in [0, 0.1) is 0 Å². The van der Waals surface area contributed by atoms with Crippen molar-refractivity contribution in [2.75, 3.05) is 5.73 Å². The van der Waals surface area contributed by atoms with E-state index in [-0.39, 0.29) is 5.92 Å². The molecule has 0 radical (unpaired) electrons. The van der Waals surface area contributed by atoms with Gasteiger partial charge < -0.3 is 5.73 Å². The number of anilines is 1. The number of aryl methyl sites for hydroxylation is 1. The standard InChI is InChI=1S/C14H16F3N3/c1-8(2)11-12(20(3)19-13(11)18)9-5-4-6-10(7-9)14(15,16)17/h4-8H,1-3H3,(H2,18,19). The van der Waals surface area contributed by atoms with E-state index in [9.17, 15) is 13.2 Å². The Hall–Kier alpha value is -1.98. The second-order valence-corrected chi connectivity index (χ2v) is 5.00. The highest BCUT2D eigenvalue weighted by molar-refractivity contribution is 5.70. The fourth-order valence-electron chi connectivity index (χ4n) is 2.32. The van der Waals surface area contributed by atoms with Crippen molar-refractivity contribution >= 4 is 5.82 Å². The van der Waals surface area contributed by atoms with Crippen molar-refractivity contribution in [2.45, 2.75) is 25.9 Å². The first-order valence-electron chi connectivity index (χ1n) is 6.21. The molecule has 0 bridgehead atoms. The van der Waals surface area contributed by atoms with E-state index in [1.165, 1.54) is 10.7 Å². The summed E-state index contributed by atoms with van der Waals surface area (Å²) in [5.74, 6) is 0.433. The Bertz CT molecular complexity index is 627. The van der Waals surface area contributed by atoms with Crippen LogP contribution in [0.4, 0.5) is 19.0 Å². The van der Waals surface area contributed by atoms with Gasteiger partial charge >= 0.3 is 6.18 Å². The molecule has 0 aliphatic heterocycles. The monoisotopic (exact) mass is 283 g/mol. The van der Waals surface area contributed by atoms with Gasteiger partial charge in [0.2, 0.25) is 0 Å². The molecule has 20 heavy (non-hydrogen) atoms. The third-order valence-electron chi connectivity index (χ3n) is 3.15. The van der Waals surface area contributed by atoms with Crippen LogP contribution in [-0.2, 0) is 13.2 Å². The quantitative estimate of drug-likeness (QED) is 0.910. The first kappa shape index (κ1) is 14.4. The number of nitrogen functional groups attached to an aromatic ring is 1. The van der Waals surface area contributed by atoms with Crippen LogP contribution in [0.1, 0.15) is 30.9 Å². The Labute approximate surface area is 115 Å². The third kappa shape index (κ3) is 2.50. The molecule has 1 aromatic heterocycles. The lowest BCUT2D eigenvalue weighted by Gasteiger charge is -2.12. The second-order valence-electron chi connectivity index (χ2n) is 5.00. The minimum absolute atomic E-state index is 0.0771. The maximum absolute atomic E-state index is 12.8. The number of halogens is 3. The molecule has 0 saturated heterocycles. The lowest BCUT2D eigenvalue weighted by molar-refractivity contribution is -0.137. The average Bonchev–Trinajstić information content (AvgIpc) is 2.63. The molecule has 1 aromatic carbocycles. The summed E-state index contributed by atoms with van der Waals surface area (Å²) in [5, 5.41) is 4.11. The fourth-order valence-corrected chi connectivity index (χ4v) is 2.32. The van der Waals surface area contributed by atoms with Crippen LogP contribution in [0.25, 0.3) is 11.3 Å². The molecule has 0 saturated carbocycles. The van der Waals surface area contributed by atoms with E-state index in [4.69, 9.17) is 5.73 Å². The van der Waals surface area contributed by atoms with E-state index in [2.05, 4.69) is 5.10 Å². The summed E-state index contributed by atoms with van der Waals surface area (Å²) in [4.78, 5) is 0. The molecule has 2 aromatic rings. The highest BCUT2D eigenvalue weighted by atomic mass is 19.4. The summed E-state index contributed by atoms with van der Waals surface area (Å²) in [6.07, 6.45) is -4.36. The highest BCUT2D eigenvalue weighted by Gasteiger charge is 2.31. The van der Waals surface area contributed by atoms with Crippen molar-refractivity contribution in [3.63, 3.8) is 0 Å². The van der Waals surface area contributed by atoms with Crippen molar-refractivity contribution in [2.24, 2.45) is 7.05 Å². The highest BCUT2D eigenvalue weighted by Crippen LogP contribution is 2.36. The molecule has 0 unspecified atom stereocenters. The smallest absolute Gasteiger partial charge is 0.382 e. The van der Waals surface area contributed by atoms with E-state index in [0.717, 1.165) is 17.7 Å². The zero-order valence-corrected chi connectivity index (χ0v) is 11.5. The molecule has 0 atom stereocenters. The Kier molecular flexibility index (Phi) is 3.50. The maximum Gasteiger partial charge on any atom is 0.416 e. The SMILES string of the molecule is CC(C)c1c(N)nn(C)c1-c1cccc(C(F)(F)F)c1. The number of hydrogen-bond acceptors (Lipinski definition) is 2. The molecule has 2 N–H and O–H groups in total. The van der Waals surface area contributed by atoms with Gasteiger partial charge in [0.25, 0.3) is 0 Å². The fraction of sp³-hybridized carbons (Fsp3) is 0.357. The molecule has 0 amide bonds. The number of nitrogens with zero attached hydrogens (tertiary/aromatic N) is 2. The Morgan fingerprint density at radius 1 is 1.25 bits per heavy atom. The van der Waals surface area contributed by atoms with E-state index >= 15 is 0 Å². The van der Waals surface area contributed by atoms with Crippen molar-refractivity contribution in [3.05, 3.63) is 35.4 Å². The molecule has 108 valence electrons. The lowest BCUT2D eigenvalue weighted by Crippen LogP contribution is -2.05. The van der Waals surface area contributed by atoms with Gasteiger partial charge in [0.15, 0.2) is 0 Å². The summed E-state index contributed by atoms with van der Waals surface area (Å²) < 4.78 is 39.9. The molecular formula is C14H16F3N3. The van der Waals surface area contributed by atoms with Crippen LogP contribution in [0.3, 0.4) is 0 Å². The number of alkyl halides is 3. The molecule has 1 heterocycles. The van der Waals surface area contributed by atoms with Gasteiger partial charge in [-0.25, -0.2) is 0 Å². The van der Waals surface area contributed by atoms with Crippen LogP contribution >= 0.6 is 0 Å². The number of aromatic nitrogens is 2. The van der Waals surface area contributed by atoms with Gasteiger partial charge in [-0.1, -0.05) is 26.0 Å². The van der Waals surface area contributed by atoms with Gasteiger partial charge in [0.05, 0.1) is 11.3 Å². The summed E-state index contributed by atoms with van der Waals surface area (Å²) in [5.41, 5.74) is 7.04. The molecular weight excluding hydrogens is 267 g/mol. The van der Waals surface area contributed by atoms with Crippen LogP contribution < -0.4 is 5.73 Å². The third-order valence-corrected chi connectivity index (χ3v) is 3.15. The Balaban J connectivity index is 2.63. The first-order valence-corrected chi connectivity index (χ1v) is 6.21. The first-order chi connectivity index (χ1) is 9.21. The molecule has 0 aliphatic rings. The summed E-state index contributed by atoms with van der Waals surface area (Å²) in [6, 6.07) is 5.21. The predicted molar refractivity (Wildman–Crippen MR) is 72.1 cm³/mol. The van der Waals surface area contributed by atoms with Gasteiger partial charge in [-0.05, 0) is 18.1 Å². The zero-order valence-electron chi connectivity index (χ0n) is 11.5. The van der Waals surface area contributed by atoms with Crippen LogP contribution in [0.2, 0.25) is 0 Å². The zero-order chi connectivity index (χ0) is 15.1. The van der Waals surface area contributed by atoms with Gasteiger partial charge in [0, 0.05) is 18.2 Å². The number of hydrogen-bond donors (Lipinski definition) is 1. The minimum Gasteiger partial charge on any atom is -0.382 e. The second kappa shape index (κ2) is 4.85. The topological polar surface area (TPSA) is 43.8 Å². The van der Waals surface area contributed by atoms with E-state index in [0.29, 0.717) is 17.1 Å². The molecule has 0 aliphatic carbocycles. The predicted octanol–water partition coefficient (Wildman–Crippen LogP) is 3.81. The van der Waals surface area contributed by atoms with Crippen molar-refractivity contribution in [1.29, 1.82) is 0 Å².